The van der Waals surface area contributed by atoms with Crippen LogP contribution in [-0.4, -0.2) is 36.3 Å². The van der Waals surface area contributed by atoms with Gasteiger partial charge in [-0.2, -0.15) is 0 Å². The lowest BCUT2D eigenvalue weighted by Crippen LogP contribution is -2.40. The Labute approximate surface area is 167 Å². The molecule has 1 aliphatic heterocycles. The van der Waals surface area contributed by atoms with Crippen LogP contribution in [0.1, 0.15) is 12.8 Å². The molecule has 7 heteroatoms. The number of likely N-dealkylation sites (tertiary alicyclic amines) is 1. The topological polar surface area (TPSA) is 75.7 Å². The summed E-state index contributed by atoms with van der Waals surface area (Å²) in [5, 5.41) is 3.23. The summed E-state index contributed by atoms with van der Waals surface area (Å²) in [7, 11) is 1.51. The Balaban J connectivity index is 1.25. The van der Waals surface area contributed by atoms with E-state index >= 15 is 0 Å². The second-order valence-electron chi connectivity index (χ2n) is 8.13. The average molecular weight is 401 g/mol. The predicted molar refractivity (Wildman–Crippen MR) is 103 cm³/mol. The molecule has 28 heavy (non-hydrogen) atoms. The molecule has 1 aromatic rings. The molecule has 6 rings (SSSR count). The molecule has 5 aliphatic rings. The van der Waals surface area contributed by atoms with Crippen LogP contribution in [-0.2, 0) is 14.4 Å². The number of benzene rings is 1. The van der Waals surface area contributed by atoms with Crippen molar-refractivity contribution in [2.24, 2.45) is 35.5 Å². The normalized spacial score (nSPS) is 34.3. The minimum atomic E-state index is -0.292. The van der Waals surface area contributed by atoms with E-state index in [0.29, 0.717) is 28.3 Å². The molecule has 4 aliphatic carbocycles. The molecule has 1 saturated heterocycles. The highest BCUT2D eigenvalue weighted by atomic mass is 35.5. The summed E-state index contributed by atoms with van der Waals surface area (Å²) in [6, 6.07) is 4.95. The number of methoxy groups -OCH3 is 1. The van der Waals surface area contributed by atoms with Crippen molar-refractivity contribution < 1.29 is 19.1 Å². The number of ether oxygens (including phenoxy) is 1. The number of anilines is 1. The second kappa shape index (κ2) is 6.34. The molecule has 1 aromatic carbocycles. The van der Waals surface area contributed by atoms with Gasteiger partial charge in [0, 0.05) is 18.0 Å². The maximum atomic E-state index is 12.9. The summed E-state index contributed by atoms with van der Waals surface area (Å²) in [5.74, 6) is 1.11. The number of nitrogens with one attached hydrogen (secondary N) is 1. The number of hydrogen-bond donors (Lipinski definition) is 1. The summed E-state index contributed by atoms with van der Waals surface area (Å²) in [6.45, 7) is 0.105. The van der Waals surface area contributed by atoms with Crippen LogP contribution in [0.4, 0.5) is 5.69 Å². The van der Waals surface area contributed by atoms with Gasteiger partial charge in [-0.25, -0.2) is 0 Å². The van der Waals surface area contributed by atoms with Gasteiger partial charge in [0.2, 0.25) is 17.7 Å². The number of rotatable bonds is 5. The third kappa shape index (κ3) is 2.58. The molecule has 0 radical (unpaired) electrons. The fourth-order valence-corrected chi connectivity index (χ4v) is 5.62. The summed E-state index contributed by atoms with van der Waals surface area (Å²) in [4.78, 5) is 39.6. The van der Waals surface area contributed by atoms with E-state index in [1.807, 2.05) is 0 Å². The first-order valence-electron chi connectivity index (χ1n) is 9.66. The Bertz CT molecular complexity index is 878. The van der Waals surface area contributed by atoms with Crippen molar-refractivity contribution in [3.63, 3.8) is 0 Å². The molecule has 1 heterocycles. The van der Waals surface area contributed by atoms with Gasteiger partial charge in [0.05, 0.1) is 24.6 Å². The lowest BCUT2D eigenvalue weighted by molar-refractivity contribution is -0.140. The molecular formula is C21H21ClN2O4. The van der Waals surface area contributed by atoms with E-state index in [4.69, 9.17) is 16.3 Å². The molecule has 0 spiro atoms. The number of imide groups is 1. The average Bonchev–Trinajstić information content (AvgIpc) is 3.46. The Morgan fingerprint density at radius 3 is 2.43 bits per heavy atom. The molecule has 2 bridgehead atoms. The zero-order valence-corrected chi connectivity index (χ0v) is 16.2. The number of carbonyl (C=O) groups is 3. The van der Waals surface area contributed by atoms with Gasteiger partial charge in [-0.15, -0.1) is 0 Å². The molecule has 3 amide bonds. The van der Waals surface area contributed by atoms with Gasteiger partial charge in [0.25, 0.3) is 0 Å². The first-order chi connectivity index (χ1) is 13.5. The fourth-order valence-electron chi connectivity index (χ4n) is 5.44. The van der Waals surface area contributed by atoms with Gasteiger partial charge >= 0.3 is 0 Å². The number of hydrogen-bond acceptors (Lipinski definition) is 4. The van der Waals surface area contributed by atoms with Crippen molar-refractivity contribution in [3.05, 3.63) is 35.4 Å². The Hall–Kier alpha value is -2.34. The molecular weight excluding hydrogens is 380 g/mol. The highest BCUT2D eigenvalue weighted by Gasteiger charge is 2.66. The van der Waals surface area contributed by atoms with Crippen LogP contribution in [0, 0.1) is 35.5 Å². The van der Waals surface area contributed by atoms with Crippen LogP contribution in [0.25, 0.3) is 0 Å². The van der Waals surface area contributed by atoms with Gasteiger partial charge in [-0.1, -0.05) is 23.8 Å². The first-order valence-corrected chi connectivity index (χ1v) is 10.0. The van der Waals surface area contributed by atoms with E-state index < -0.39 is 0 Å². The zero-order valence-electron chi connectivity index (χ0n) is 15.4. The summed E-state index contributed by atoms with van der Waals surface area (Å²) >= 11 is 5.98. The Kier molecular flexibility index (Phi) is 4.02. The molecule has 6 atom stereocenters. The standard InChI is InChI=1S/C21H21ClN2O4/c1-28-16-5-2-10(22)8-15(16)23-17(25)6-7-24-20(26)18-11-3-4-12(14-9-13(11)14)19(18)21(24)27/h2-5,8,11-14,18-19H,6-7,9H2,1H3,(H,23,25)/t11-,12-,13-,14+,18-,19+/m1/s1. The largest absolute Gasteiger partial charge is 0.495 e. The maximum Gasteiger partial charge on any atom is 0.233 e. The van der Waals surface area contributed by atoms with Crippen LogP contribution >= 0.6 is 11.6 Å². The quantitative estimate of drug-likeness (QED) is 0.609. The van der Waals surface area contributed by atoms with Crippen LogP contribution in [0.5, 0.6) is 5.75 Å². The van der Waals surface area contributed by atoms with Crippen LogP contribution in [0.15, 0.2) is 30.4 Å². The van der Waals surface area contributed by atoms with Crippen molar-refractivity contribution in [2.75, 3.05) is 19.0 Å². The van der Waals surface area contributed by atoms with Gasteiger partial charge in [0.15, 0.2) is 0 Å². The summed E-state index contributed by atoms with van der Waals surface area (Å²) < 4.78 is 5.22. The molecule has 6 nitrogen and oxygen atoms in total. The Morgan fingerprint density at radius 1 is 1.18 bits per heavy atom. The number of halogens is 1. The number of carbonyl (C=O) groups excluding carboxylic acids is 3. The van der Waals surface area contributed by atoms with Crippen molar-refractivity contribution in [3.8, 4) is 5.75 Å². The van der Waals surface area contributed by atoms with E-state index in [1.165, 1.54) is 12.0 Å². The van der Waals surface area contributed by atoms with Crippen molar-refractivity contribution in [2.45, 2.75) is 12.8 Å². The molecule has 0 unspecified atom stereocenters. The Morgan fingerprint density at radius 2 is 1.82 bits per heavy atom. The fraction of sp³-hybridized carbons (Fsp3) is 0.476. The van der Waals surface area contributed by atoms with Crippen LogP contribution in [0.3, 0.4) is 0 Å². The molecule has 0 aromatic heterocycles. The second-order valence-corrected chi connectivity index (χ2v) is 8.56. The van der Waals surface area contributed by atoms with E-state index in [2.05, 4.69) is 17.5 Å². The molecule has 2 saturated carbocycles. The zero-order chi connectivity index (χ0) is 19.6. The SMILES string of the molecule is COc1ccc(Cl)cc1NC(=O)CCN1C(=O)[C@@H]2[C@@H]3C=C[C@H]([C@@H]4C[C@H]34)[C@@H]2C1=O. The van der Waals surface area contributed by atoms with Crippen LogP contribution in [0.2, 0.25) is 5.02 Å². The van der Waals surface area contributed by atoms with Crippen molar-refractivity contribution >= 4 is 35.0 Å². The van der Waals surface area contributed by atoms with Gasteiger partial charge in [-0.05, 0) is 48.3 Å². The number of nitrogens with zero attached hydrogens (tertiary/aromatic N) is 1. The minimum Gasteiger partial charge on any atom is -0.495 e. The molecule has 3 fully saturated rings. The summed E-state index contributed by atoms with van der Waals surface area (Å²) in [5.41, 5.74) is 0.468. The van der Waals surface area contributed by atoms with Crippen LogP contribution < -0.4 is 10.1 Å². The minimum absolute atomic E-state index is 0.0439. The van der Waals surface area contributed by atoms with Gasteiger partial charge < -0.3 is 10.1 Å². The number of allylic oxidation sites excluding steroid dienone is 2. The van der Waals surface area contributed by atoms with Crippen molar-refractivity contribution in [1.82, 2.24) is 4.90 Å². The van der Waals surface area contributed by atoms with E-state index in [1.54, 1.807) is 18.2 Å². The predicted octanol–water partition coefficient (Wildman–Crippen LogP) is 2.73. The molecule has 146 valence electrons. The van der Waals surface area contributed by atoms with E-state index in [-0.39, 0.29) is 54.4 Å². The van der Waals surface area contributed by atoms with Gasteiger partial charge in [0.1, 0.15) is 5.75 Å². The monoisotopic (exact) mass is 400 g/mol. The smallest absolute Gasteiger partial charge is 0.233 e. The third-order valence-electron chi connectivity index (χ3n) is 6.75. The van der Waals surface area contributed by atoms with Crippen molar-refractivity contribution in [1.29, 1.82) is 0 Å². The van der Waals surface area contributed by atoms with Gasteiger partial charge in [-0.3, -0.25) is 19.3 Å². The maximum absolute atomic E-state index is 12.9. The molecule has 1 N–H and O–H groups in total. The highest BCUT2D eigenvalue weighted by Crippen LogP contribution is 2.65. The lowest BCUT2D eigenvalue weighted by atomic mass is 9.63. The number of amides is 3. The van der Waals surface area contributed by atoms with E-state index in [9.17, 15) is 14.4 Å². The summed E-state index contributed by atoms with van der Waals surface area (Å²) in [6.07, 6.45) is 5.47. The van der Waals surface area contributed by atoms with E-state index in [0.717, 1.165) is 6.42 Å². The lowest BCUT2D eigenvalue weighted by Gasteiger charge is -2.37. The third-order valence-corrected chi connectivity index (χ3v) is 6.99. The highest BCUT2D eigenvalue weighted by molar-refractivity contribution is 6.31. The first kappa shape index (κ1) is 17.7.